The monoisotopic (exact) mass is 258 g/mol. The van der Waals surface area contributed by atoms with Crippen molar-refractivity contribution in [1.82, 2.24) is 0 Å². The number of Topliss-reactive ketones (excluding diaryl/α,β-unsaturated/α-hetero) is 1. The second-order valence-electron chi connectivity index (χ2n) is 4.17. The maximum atomic E-state index is 11.8. The van der Waals surface area contributed by atoms with Crippen molar-refractivity contribution in [3.63, 3.8) is 0 Å². The summed E-state index contributed by atoms with van der Waals surface area (Å²) in [5, 5.41) is 20.4. The van der Waals surface area contributed by atoms with Gasteiger partial charge in [0.05, 0.1) is 11.0 Å². The summed E-state index contributed by atoms with van der Waals surface area (Å²) >= 11 is 0. The predicted molar refractivity (Wildman–Crippen MR) is 68.1 cm³/mol. The van der Waals surface area contributed by atoms with Crippen LogP contribution in [-0.2, 0) is 4.79 Å². The number of aliphatic hydroxyl groups excluding tert-OH is 1. The Balaban J connectivity index is 1.97. The van der Waals surface area contributed by atoms with Crippen LogP contribution in [0.4, 0.5) is 5.69 Å². The van der Waals surface area contributed by atoms with Crippen LogP contribution in [0.1, 0.15) is 18.1 Å². The summed E-state index contributed by atoms with van der Waals surface area (Å²) in [6, 6.07) is 5.54. The van der Waals surface area contributed by atoms with Gasteiger partial charge < -0.3 is 5.11 Å². The topological polar surface area (TPSA) is 80.4 Å². The molecule has 5 radical (unpaired) electrons. The number of rotatable bonds is 5. The van der Waals surface area contributed by atoms with Crippen molar-refractivity contribution in [3.05, 3.63) is 71.5 Å². The van der Waals surface area contributed by atoms with E-state index < -0.39 is 11.0 Å². The summed E-state index contributed by atoms with van der Waals surface area (Å²) in [4.78, 5) is 21.8. The molecule has 97 valence electrons. The van der Waals surface area contributed by atoms with Gasteiger partial charge in [-0.25, -0.2) is 0 Å². The second kappa shape index (κ2) is 5.93. The Morgan fingerprint density at radius 1 is 1.21 bits per heavy atom. The third-order valence-electron chi connectivity index (χ3n) is 2.85. The van der Waals surface area contributed by atoms with E-state index in [2.05, 4.69) is 0 Å². The van der Waals surface area contributed by atoms with Gasteiger partial charge in [-0.2, -0.15) is 0 Å². The Kier molecular flexibility index (Phi) is 4.27. The maximum Gasteiger partial charge on any atom is 0.269 e. The van der Waals surface area contributed by atoms with Crippen molar-refractivity contribution in [2.75, 3.05) is 0 Å². The number of nitro benzene ring substituents is 1. The van der Waals surface area contributed by atoms with Crippen molar-refractivity contribution < 1.29 is 14.8 Å². The first-order valence-electron chi connectivity index (χ1n) is 5.75. The van der Waals surface area contributed by atoms with Gasteiger partial charge in [0, 0.05) is 24.5 Å². The Morgan fingerprint density at radius 2 is 1.79 bits per heavy atom. The highest BCUT2D eigenvalue weighted by Crippen LogP contribution is 2.28. The quantitative estimate of drug-likeness (QED) is 0.647. The molecule has 1 aromatic rings. The number of ketones is 1. The largest absolute Gasteiger partial charge is 0.388 e. The molecule has 0 spiro atoms. The lowest BCUT2D eigenvalue weighted by Gasteiger charge is -2.12. The molecule has 1 unspecified atom stereocenters. The van der Waals surface area contributed by atoms with Crippen LogP contribution >= 0.6 is 0 Å². The third kappa shape index (κ3) is 3.38. The van der Waals surface area contributed by atoms with Crippen LogP contribution < -0.4 is 0 Å². The molecule has 1 aliphatic carbocycles. The van der Waals surface area contributed by atoms with E-state index in [-0.39, 0.29) is 17.9 Å². The molecule has 0 aromatic heterocycles. The first kappa shape index (κ1) is 13.7. The minimum atomic E-state index is -0.955. The maximum absolute atomic E-state index is 11.8. The van der Waals surface area contributed by atoms with Gasteiger partial charge in [0.1, 0.15) is 5.78 Å². The van der Waals surface area contributed by atoms with E-state index in [0.29, 0.717) is 11.5 Å². The van der Waals surface area contributed by atoms with Crippen LogP contribution in [0.2, 0.25) is 0 Å². The average molecular weight is 258 g/mol. The lowest BCUT2D eigenvalue weighted by molar-refractivity contribution is -0.384. The van der Waals surface area contributed by atoms with Gasteiger partial charge >= 0.3 is 0 Å². The summed E-state index contributed by atoms with van der Waals surface area (Å²) in [5.41, 5.74) is 0.448. The van der Waals surface area contributed by atoms with E-state index in [1.54, 1.807) is 25.7 Å². The lowest BCUT2D eigenvalue weighted by Crippen LogP contribution is -2.13. The number of hydrogen-bond donors (Lipinski definition) is 1. The van der Waals surface area contributed by atoms with Crippen LogP contribution in [0.15, 0.2) is 24.3 Å². The van der Waals surface area contributed by atoms with Crippen molar-refractivity contribution in [3.8, 4) is 0 Å². The lowest BCUT2D eigenvalue weighted by atomic mass is 9.95. The first-order valence-corrected chi connectivity index (χ1v) is 5.75. The molecule has 0 aliphatic heterocycles. The van der Waals surface area contributed by atoms with Gasteiger partial charge in [-0.15, -0.1) is 0 Å². The number of aliphatic hydroxyl groups is 1. The Hall–Kier alpha value is -1.75. The van der Waals surface area contributed by atoms with Crippen LogP contribution in [-0.4, -0.2) is 15.8 Å². The smallest absolute Gasteiger partial charge is 0.269 e. The number of hydrogen-bond acceptors (Lipinski definition) is 4. The number of benzene rings is 1. The van der Waals surface area contributed by atoms with E-state index in [0.717, 1.165) is 0 Å². The minimum absolute atomic E-state index is 0.0399. The van der Waals surface area contributed by atoms with E-state index in [9.17, 15) is 20.0 Å². The van der Waals surface area contributed by atoms with Crippen LogP contribution in [0.3, 0.4) is 0 Å². The van der Waals surface area contributed by atoms with Crippen LogP contribution in [0, 0.1) is 41.7 Å². The van der Waals surface area contributed by atoms with E-state index >= 15 is 0 Å². The summed E-state index contributed by atoms with van der Waals surface area (Å²) in [7, 11) is 0. The summed E-state index contributed by atoms with van der Waals surface area (Å²) in [5.74, 6) is 0.400. The van der Waals surface area contributed by atoms with Crippen molar-refractivity contribution in [2.24, 2.45) is 0 Å². The molecule has 1 aromatic carbocycles. The summed E-state index contributed by atoms with van der Waals surface area (Å²) in [6.07, 6.45) is 5.89. The van der Waals surface area contributed by atoms with Gasteiger partial charge in [0.15, 0.2) is 0 Å². The number of carbonyl (C=O) groups excluding carboxylic acids is 1. The molecule has 1 aliphatic rings. The fourth-order valence-electron chi connectivity index (χ4n) is 1.79. The molecular formula is C14H12NO4. The number of nitrogens with zero attached hydrogens (tertiary/aromatic N) is 1. The molecule has 5 nitrogen and oxygen atoms in total. The molecule has 0 saturated heterocycles. The number of nitro groups is 1. The summed E-state index contributed by atoms with van der Waals surface area (Å²) in [6.45, 7) is 0. The number of non-ortho nitro benzene ring substituents is 1. The standard InChI is InChI=1S/C14H12NO4/c16-13(10-3-1-2-4-10)9-14(17)11-5-7-12(8-6-11)15(18)19/h1-8,14,17H,9H2. The highest BCUT2D eigenvalue weighted by Gasteiger charge is 2.26. The zero-order chi connectivity index (χ0) is 13.8. The minimum Gasteiger partial charge on any atom is -0.388 e. The van der Waals surface area contributed by atoms with Gasteiger partial charge in [0.2, 0.25) is 0 Å². The SMILES string of the molecule is O=C(CC(O)c1ccc([N+](=O)[O-])cc1)[C]1[CH][CH][CH][CH]1. The fourth-order valence-corrected chi connectivity index (χ4v) is 1.79. The summed E-state index contributed by atoms with van der Waals surface area (Å²) < 4.78 is 0. The normalized spacial score (nSPS) is 17.3. The van der Waals surface area contributed by atoms with Gasteiger partial charge in [-0.3, -0.25) is 14.9 Å². The van der Waals surface area contributed by atoms with Gasteiger partial charge in [0.25, 0.3) is 5.69 Å². The highest BCUT2D eigenvalue weighted by atomic mass is 16.6. The molecule has 0 bridgehead atoms. The average Bonchev–Trinajstić information content (AvgIpc) is 2.92. The highest BCUT2D eigenvalue weighted by molar-refractivity contribution is 5.97. The molecule has 2 rings (SSSR count). The van der Waals surface area contributed by atoms with Crippen LogP contribution in [0.5, 0.6) is 0 Å². The van der Waals surface area contributed by atoms with Gasteiger partial charge in [-0.05, 0) is 43.4 Å². The molecular weight excluding hydrogens is 246 g/mol. The van der Waals surface area contributed by atoms with E-state index in [4.69, 9.17) is 0 Å². The molecule has 0 amide bonds. The van der Waals surface area contributed by atoms with Crippen LogP contribution in [0.25, 0.3) is 0 Å². The Morgan fingerprint density at radius 3 is 2.32 bits per heavy atom. The molecule has 5 heteroatoms. The van der Waals surface area contributed by atoms with Crippen molar-refractivity contribution in [2.45, 2.75) is 12.5 Å². The molecule has 19 heavy (non-hydrogen) atoms. The zero-order valence-corrected chi connectivity index (χ0v) is 10.0. The predicted octanol–water partition coefficient (Wildman–Crippen LogP) is 1.99. The molecule has 1 fully saturated rings. The molecule has 1 N–H and O–H groups in total. The number of carbonyl (C=O) groups is 1. The second-order valence-corrected chi connectivity index (χ2v) is 4.17. The Labute approximate surface area is 111 Å². The third-order valence-corrected chi connectivity index (χ3v) is 2.85. The van der Waals surface area contributed by atoms with E-state index in [1.807, 2.05) is 0 Å². The van der Waals surface area contributed by atoms with Crippen molar-refractivity contribution in [1.29, 1.82) is 0 Å². The molecule has 1 atom stereocenters. The molecule has 0 heterocycles. The fraction of sp³-hybridized carbons (Fsp3) is 0.143. The zero-order valence-electron chi connectivity index (χ0n) is 10.0. The Bertz CT molecular complexity index is 463. The first-order chi connectivity index (χ1) is 9.08. The molecule has 1 saturated carbocycles. The van der Waals surface area contributed by atoms with Crippen molar-refractivity contribution >= 4 is 11.5 Å². The van der Waals surface area contributed by atoms with E-state index in [1.165, 1.54) is 24.3 Å². The van der Waals surface area contributed by atoms with Gasteiger partial charge in [-0.1, -0.05) is 0 Å².